The minimum atomic E-state index is -0.480. The molecule has 0 fully saturated rings. The highest BCUT2D eigenvalue weighted by Crippen LogP contribution is 2.25. The largest absolute Gasteiger partial charge is 0.487 e. The molecule has 0 saturated heterocycles. The van der Waals surface area contributed by atoms with Crippen molar-refractivity contribution in [1.29, 1.82) is 0 Å². The number of rotatable bonds is 7. The Hall–Kier alpha value is -1.91. The van der Waals surface area contributed by atoms with Gasteiger partial charge in [-0.25, -0.2) is 0 Å². The second-order valence-corrected chi connectivity index (χ2v) is 3.57. The maximum atomic E-state index is 11.0. The van der Waals surface area contributed by atoms with Crippen molar-refractivity contribution in [3.8, 4) is 5.75 Å². The van der Waals surface area contributed by atoms with E-state index in [1.54, 1.807) is 18.2 Å². The Kier molecular flexibility index (Phi) is 5.13. The monoisotopic (exact) mass is 237 g/mol. The minimum absolute atomic E-state index is 0.0469. The Morgan fingerprint density at radius 3 is 2.76 bits per heavy atom. The number of Topliss-reactive ketones (excluding diaryl/α,β-unsaturated/α-hetero) is 1. The molecule has 17 heavy (non-hydrogen) atoms. The molecule has 0 aromatic heterocycles. The van der Waals surface area contributed by atoms with E-state index in [2.05, 4.69) is 0 Å². The summed E-state index contributed by atoms with van der Waals surface area (Å²) in [5.41, 5.74) is -0.0469. The maximum absolute atomic E-state index is 11.0. The maximum Gasteiger partial charge on any atom is 0.310 e. The number of para-hydroxylation sites is 2. The molecule has 0 N–H and O–H groups in total. The van der Waals surface area contributed by atoms with Gasteiger partial charge in [-0.05, 0) is 12.5 Å². The van der Waals surface area contributed by atoms with Crippen molar-refractivity contribution in [3.05, 3.63) is 34.4 Å². The van der Waals surface area contributed by atoms with Crippen LogP contribution in [-0.4, -0.2) is 17.3 Å². The summed E-state index contributed by atoms with van der Waals surface area (Å²) in [5, 5.41) is 10.7. The van der Waals surface area contributed by atoms with Crippen LogP contribution in [0.25, 0.3) is 0 Å². The summed E-state index contributed by atoms with van der Waals surface area (Å²) in [5.74, 6) is 0.428. The van der Waals surface area contributed by atoms with Crippen molar-refractivity contribution in [1.82, 2.24) is 0 Å². The summed E-state index contributed by atoms with van der Waals surface area (Å²) in [7, 11) is 0. The topological polar surface area (TPSA) is 69.4 Å². The molecule has 0 heterocycles. The summed E-state index contributed by atoms with van der Waals surface area (Å²) >= 11 is 0. The van der Waals surface area contributed by atoms with Crippen LogP contribution in [0.2, 0.25) is 0 Å². The van der Waals surface area contributed by atoms with Crippen LogP contribution in [-0.2, 0) is 4.79 Å². The van der Waals surface area contributed by atoms with Gasteiger partial charge in [0, 0.05) is 18.9 Å². The second-order valence-electron chi connectivity index (χ2n) is 3.57. The number of carbonyl (C=O) groups is 1. The molecule has 0 atom stereocenters. The summed E-state index contributed by atoms with van der Waals surface area (Å²) in [6, 6.07) is 6.22. The SMILES string of the molecule is CCC(=O)CCCOc1ccccc1[N+](=O)[O-]. The Morgan fingerprint density at radius 2 is 2.12 bits per heavy atom. The summed E-state index contributed by atoms with van der Waals surface area (Å²) in [6.45, 7) is 2.13. The number of ether oxygens (including phenoxy) is 1. The van der Waals surface area contributed by atoms with Gasteiger partial charge in [0.25, 0.3) is 0 Å². The first kappa shape index (κ1) is 13.2. The molecule has 0 unspecified atom stereocenters. The Balaban J connectivity index is 2.46. The molecule has 0 radical (unpaired) electrons. The average molecular weight is 237 g/mol. The highest BCUT2D eigenvalue weighted by atomic mass is 16.6. The van der Waals surface area contributed by atoms with E-state index in [0.717, 1.165) is 0 Å². The van der Waals surface area contributed by atoms with Crippen molar-refractivity contribution in [2.75, 3.05) is 6.61 Å². The molecule has 0 aliphatic heterocycles. The van der Waals surface area contributed by atoms with Crippen LogP contribution in [0, 0.1) is 10.1 Å². The summed E-state index contributed by atoms with van der Waals surface area (Å²) < 4.78 is 5.30. The lowest BCUT2D eigenvalue weighted by molar-refractivity contribution is -0.385. The Morgan fingerprint density at radius 1 is 1.41 bits per heavy atom. The first-order chi connectivity index (χ1) is 8.15. The van der Waals surface area contributed by atoms with Gasteiger partial charge in [0.05, 0.1) is 11.5 Å². The second kappa shape index (κ2) is 6.62. The van der Waals surface area contributed by atoms with Crippen LogP contribution in [0.4, 0.5) is 5.69 Å². The van der Waals surface area contributed by atoms with E-state index < -0.39 is 4.92 Å². The fourth-order valence-corrected chi connectivity index (χ4v) is 1.36. The van der Waals surface area contributed by atoms with Crippen LogP contribution in [0.3, 0.4) is 0 Å². The van der Waals surface area contributed by atoms with Crippen molar-refractivity contribution >= 4 is 11.5 Å². The molecule has 1 aromatic carbocycles. The van der Waals surface area contributed by atoms with Crippen LogP contribution in [0.1, 0.15) is 26.2 Å². The first-order valence-corrected chi connectivity index (χ1v) is 5.53. The van der Waals surface area contributed by atoms with Gasteiger partial charge in [-0.2, -0.15) is 0 Å². The van der Waals surface area contributed by atoms with Crippen molar-refractivity contribution in [2.24, 2.45) is 0 Å². The van der Waals surface area contributed by atoms with Crippen LogP contribution >= 0.6 is 0 Å². The van der Waals surface area contributed by atoms with E-state index in [4.69, 9.17) is 4.74 Å². The van der Waals surface area contributed by atoms with E-state index in [1.165, 1.54) is 6.07 Å². The third-order valence-electron chi connectivity index (χ3n) is 2.31. The number of nitro groups is 1. The fraction of sp³-hybridized carbons (Fsp3) is 0.417. The summed E-state index contributed by atoms with van der Waals surface area (Å²) in [6.07, 6.45) is 1.56. The number of hydrogen-bond acceptors (Lipinski definition) is 4. The lowest BCUT2D eigenvalue weighted by atomic mass is 10.2. The highest BCUT2D eigenvalue weighted by Gasteiger charge is 2.13. The predicted octanol–water partition coefficient (Wildman–Crippen LogP) is 2.73. The lowest BCUT2D eigenvalue weighted by Gasteiger charge is -2.05. The van der Waals surface area contributed by atoms with Crippen LogP contribution in [0.5, 0.6) is 5.75 Å². The molecule has 0 amide bonds. The predicted molar refractivity (Wildman–Crippen MR) is 63.1 cm³/mol. The lowest BCUT2D eigenvalue weighted by Crippen LogP contribution is -2.03. The van der Waals surface area contributed by atoms with Crippen molar-refractivity contribution in [2.45, 2.75) is 26.2 Å². The van der Waals surface area contributed by atoms with Crippen LogP contribution < -0.4 is 4.74 Å². The number of nitrogens with zero attached hydrogens (tertiary/aromatic N) is 1. The zero-order chi connectivity index (χ0) is 12.7. The van der Waals surface area contributed by atoms with Gasteiger partial charge in [-0.15, -0.1) is 0 Å². The molecule has 0 aliphatic rings. The zero-order valence-electron chi connectivity index (χ0n) is 9.72. The van der Waals surface area contributed by atoms with Gasteiger partial charge in [-0.1, -0.05) is 19.1 Å². The van der Waals surface area contributed by atoms with Gasteiger partial charge in [-0.3, -0.25) is 14.9 Å². The molecule has 1 rings (SSSR count). The van der Waals surface area contributed by atoms with Gasteiger partial charge in [0.15, 0.2) is 5.75 Å². The third kappa shape index (κ3) is 4.22. The molecule has 5 heteroatoms. The van der Waals surface area contributed by atoms with Gasteiger partial charge in [0.1, 0.15) is 5.78 Å². The van der Waals surface area contributed by atoms with Crippen molar-refractivity contribution in [3.63, 3.8) is 0 Å². The Bertz CT molecular complexity index is 403. The van der Waals surface area contributed by atoms with E-state index in [1.807, 2.05) is 6.92 Å². The van der Waals surface area contributed by atoms with E-state index >= 15 is 0 Å². The molecule has 0 spiro atoms. The number of benzene rings is 1. The van der Waals surface area contributed by atoms with Crippen molar-refractivity contribution < 1.29 is 14.5 Å². The van der Waals surface area contributed by atoms with Gasteiger partial charge in [0.2, 0.25) is 0 Å². The molecular formula is C12H15NO4. The smallest absolute Gasteiger partial charge is 0.310 e. The minimum Gasteiger partial charge on any atom is -0.487 e. The Labute approximate surface area is 99.5 Å². The molecule has 0 aliphatic carbocycles. The molecule has 0 bridgehead atoms. The van der Waals surface area contributed by atoms with Gasteiger partial charge < -0.3 is 4.74 Å². The molecule has 1 aromatic rings. The standard InChI is InChI=1S/C12H15NO4/c1-2-10(14)6-5-9-17-12-8-4-3-7-11(12)13(15)16/h3-4,7-8H,2,5-6,9H2,1H3. The number of hydrogen-bond donors (Lipinski definition) is 0. The van der Waals surface area contributed by atoms with Gasteiger partial charge >= 0.3 is 5.69 Å². The molecular weight excluding hydrogens is 222 g/mol. The van der Waals surface area contributed by atoms with E-state index in [9.17, 15) is 14.9 Å². The highest BCUT2D eigenvalue weighted by molar-refractivity contribution is 5.77. The number of ketones is 1. The zero-order valence-corrected chi connectivity index (χ0v) is 9.72. The fourth-order valence-electron chi connectivity index (χ4n) is 1.36. The first-order valence-electron chi connectivity index (χ1n) is 5.53. The van der Waals surface area contributed by atoms with E-state index in [-0.39, 0.29) is 17.2 Å². The quantitative estimate of drug-likeness (QED) is 0.415. The van der Waals surface area contributed by atoms with E-state index in [0.29, 0.717) is 25.9 Å². The average Bonchev–Trinajstić information content (AvgIpc) is 2.34. The third-order valence-corrected chi connectivity index (χ3v) is 2.31. The molecule has 92 valence electrons. The van der Waals surface area contributed by atoms with Crippen LogP contribution in [0.15, 0.2) is 24.3 Å². The normalized spacial score (nSPS) is 9.94. The number of carbonyl (C=O) groups excluding carboxylic acids is 1. The molecule has 5 nitrogen and oxygen atoms in total. The summed E-state index contributed by atoms with van der Waals surface area (Å²) in [4.78, 5) is 21.2. The molecule has 0 saturated carbocycles. The number of nitro benzene ring substituents is 1.